The lowest BCUT2D eigenvalue weighted by Gasteiger charge is -2.37. The van der Waals surface area contributed by atoms with Gasteiger partial charge in [0.15, 0.2) is 0 Å². The molecule has 0 aromatic heterocycles. The maximum Gasteiger partial charge on any atom is 0.257 e. The molecule has 4 aromatic carbocycles. The molecule has 0 aliphatic carbocycles. The second kappa shape index (κ2) is 12.9. The van der Waals surface area contributed by atoms with Gasteiger partial charge in [0.1, 0.15) is 5.82 Å². The van der Waals surface area contributed by atoms with E-state index in [-0.39, 0.29) is 17.7 Å². The van der Waals surface area contributed by atoms with E-state index in [1.165, 1.54) is 18.2 Å². The summed E-state index contributed by atoms with van der Waals surface area (Å²) in [7, 11) is 1.74. The minimum Gasteiger partial charge on any atom is -0.367 e. The quantitative estimate of drug-likeness (QED) is 0.291. The summed E-state index contributed by atoms with van der Waals surface area (Å²) in [5.74, 6) is -1.27. The summed E-state index contributed by atoms with van der Waals surface area (Å²) in [4.78, 5) is 45.1. The van der Waals surface area contributed by atoms with Gasteiger partial charge in [0.25, 0.3) is 17.7 Å². The smallest absolute Gasteiger partial charge is 0.257 e. The lowest BCUT2D eigenvalue weighted by atomic mass is 10.1. The van der Waals surface area contributed by atoms with Crippen LogP contribution in [0.2, 0.25) is 5.02 Å². The van der Waals surface area contributed by atoms with Crippen LogP contribution in [0.5, 0.6) is 0 Å². The number of benzene rings is 4. The molecule has 0 unspecified atom stereocenters. The molecular weight excluding hydrogens is 555 g/mol. The van der Waals surface area contributed by atoms with E-state index < -0.39 is 5.82 Å². The molecule has 3 amide bonds. The zero-order chi connectivity index (χ0) is 29.6. The van der Waals surface area contributed by atoms with Crippen LogP contribution in [0.25, 0.3) is 0 Å². The highest BCUT2D eigenvalue weighted by Gasteiger charge is 2.27. The number of carbonyl (C=O) groups is 3. The highest BCUT2D eigenvalue weighted by Crippen LogP contribution is 2.28. The van der Waals surface area contributed by atoms with Crippen molar-refractivity contribution in [3.8, 4) is 0 Å². The maximum absolute atomic E-state index is 13.8. The van der Waals surface area contributed by atoms with Crippen molar-refractivity contribution in [3.63, 3.8) is 0 Å². The second-order valence-electron chi connectivity index (χ2n) is 10.1. The number of nitrogens with zero attached hydrogens (tertiary/aromatic N) is 3. The van der Waals surface area contributed by atoms with E-state index in [0.717, 1.165) is 5.56 Å². The molecule has 0 spiro atoms. The molecule has 214 valence electrons. The summed E-state index contributed by atoms with van der Waals surface area (Å²) >= 11 is 6.22. The summed E-state index contributed by atoms with van der Waals surface area (Å²) in [6.07, 6.45) is 0. The molecule has 0 radical (unpaired) electrons. The van der Waals surface area contributed by atoms with Crippen LogP contribution < -0.4 is 10.2 Å². The fourth-order valence-electron chi connectivity index (χ4n) is 4.99. The van der Waals surface area contributed by atoms with Crippen LogP contribution in [-0.4, -0.2) is 60.7 Å². The van der Waals surface area contributed by atoms with Crippen molar-refractivity contribution in [1.29, 1.82) is 0 Å². The first kappa shape index (κ1) is 28.8. The monoisotopic (exact) mass is 584 g/mol. The predicted molar refractivity (Wildman–Crippen MR) is 163 cm³/mol. The summed E-state index contributed by atoms with van der Waals surface area (Å²) in [5, 5.41) is 3.19. The number of piperazine rings is 1. The Kier molecular flexibility index (Phi) is 8.83. The first-order valence-electron chi connectivity index (χ1n) is 13.6. The van der Waals surface area contributed by atoms with Gasteiger partial charge >= 0.3 is 0 Å². The Morgan fingerprint density at radius 3 is 2.26 bits per heavy atom. The molecule has 0 atom stereocenters. The van der Waals surface area contributed by atoms with Gasteiger partial charge in [-0.1, -0.05) is 60.1 Å². The first-order valence-corrected chi connectivity index (χ1v) is 14.0. The molecule has 4 aromatic rings. The largest absolute Gasteiger partial charge is 0.367 e. The minimum absolute atomic E-state index is 0.207. The Labute approximate surface area is 249 Å². The van der Waals surface area contributed by atoms with Crippen molar-refractivity contribution in [3.05, 3.63) is 130 Å². The minimum atomic E-state index is -0.455. The number of amides is 3. The maximum atomic E-state index is 13.8. The van der Waals surface area contributed by atoms with Crippen molar-refractivity contribution in [2.75, 3.05) is 43.4 Å². The number of hydrogen-bond donors (Lipinski definition) is 1. The summed E-state index contributed by atoms with van der Waals surface area (Å²) in [5.41, 5.74) is 3.21. The van der Waals surface area contributed by atoms with E-state index in [1.807, 2.05) is 36.4 Å². The molecule has 1 saturated heterocycles. The number of halogens is 2. The summed E-state index contributed by atoms with van der Waals surface area (Å²) in [6, 6.07) is 27.4. The molecule has 0 saturated carbocycles. The lowest BCUT2D eigenvalue weighted by molar-refractivity contribution is 0.0742. The second-order valence-corrected chi connectivity index (χ2v) is 10.5. The number of hydrogen-bond acceptors (Lipinski definition) is 4. The van der Waals surface area contributed by atoms with E-state index in [0.29, 0.717) is 65.8 Å². The molecular formula is C33H30ClFN4O3. The van der Waals surface area contributed by atoms with Crippen LogP contribution in [0.1, 0.15) is 36.6 Å². The number of carbonyl (C=O) groups excluding carboxylic acids is 3. The van der Waals surface area contributed by atoms with E-state index in [4.69, 9.17) is 11.6 Å². The molecule has 42 heavy (non-hydrogen) atoms. The third-order valence-corrected chi connectivity index (χ3v) is 7.52. The van der Waals surface area contributed by atoms with Crippen LogP contribution in [0.15, 0.2) is 97.1 Å². The fraction of sp³-hybridized carbons (Fsp3) is 0.182. The Hall–Kier alpha value is -4.69. The molecule has 1 fully saturated rings. The van der Waals surface area contributed by atoms with Gasteiger partial charge in [-0.25, -0.2) is 4.39 Å². The number of anilines is 2. The summed E-state index contributed by atoms with van der Waals surface area (Å²) < 4.78 is 13.7. The SMILES string of the molecule is CN(Cc1ccccc1)C(=O)c1cc(NC(=O)c2ccccc2Cl)ccc1N1CCN(C(=O)c2cccc(F)c2)CC1. The number of nitrogens with one attached hydrogen (secondary N) is 1. The third-order valence-electron chi connectivity index (χ3n) is 7.19. The predicted octanol–water partition coefficient (Wildman–Crippen LogP) is 5.97. The molecule has 1 N–H and O–H groups in total. The zero-order valence-corrected chi connectivity index (χ0v) is 23.9. The van der Waals surface area contributed by atoms with Crippen LogP contribution in [-0.2, 0) is 6.54 Å². The average molecular weight is 585 g/mol. The normalized spacial score (nSPS) is 13.0. The van der Waals surface area contributed by atoms with E-state index in [1.54, 1.807) is 59.3 Å². The van der Waals surface area contributed by atoms with Gasteiger partial charge in [0.2, 0.25) is 0 Å². The highest BCUT2D eigenvalue weighted by molar-refractivity contribution is 6.34. The van der Waals surface area contributed by atoms with Gasteiger partial charge in [-0.15, -0.1) is 0 Å². The summed E-state index contributed by atoms with van der Waals surface area (Å²) in [6.45, 7) is 2.19. The Balaban J connectivity index is 1.38. The van der Waals surface area contributed by atoms with Gasteiger partial charge < -0.3 is 20.0 Å². The van der Waals surface area contributed by atoms with Gasteiger partial charge in [-0.3, -0.25) is 14.4 Å². The molecule has 0 bridgehead atoms. The molecule has 1 aliphatic rings. The standard InChI is InChI=1S/C33H30ClFN4O3/c1-37(22-23-8-3-2-4-9-23)33(42)28-21-26(36-31(40)27-12-5-6-13-29(27)34)14-15-30(28)38-16-18-39(19-17-38)32(41)24-10-7-11-25(35)20-24/h2-15,20-21H,16-19,22H2,1H3,(H,36,40). The molecule has 1 aliphatic heterocycles. The van der Waals surface area contributed by atoms with Crippen molar-refractivity contribution in [2.45, 2.75) is 6.54 Å². The molecule has 5 rings (SSSR count). The molecule has 1 heterocycles. The number of rotatable bonds is 7. The van der Waals surface area contributed by atoms with Crippen LogP contribution >= 0.6 is 11.6 Å². The third kappa shape index (κ3) is 6.61. The van der Waals surface area contributed by atoms with E-state index >= 15 is 0 Å². The Morgan fingerprint density at radius 2 is 1.55 bits per heavy atom. The first-order chi connectivity index (χ1) is 20.3. The zero-order valence-electron chi connectivity index (χ0n) is 23.1. The Bertz CT molecular complexity index is 1610. The topological polar surface area (TPSA) is 73.0 Å². The van der Waals surface area contributed by atoms with Crippen molar-refractivity contribution in [1.82, 2.24) is 9.80 Å². The highest BCUT2D eigenvalue weighted by atomic mass is 35.5. The molecule has 7 nitrogen and oxygen atoms in total. The van der Waals surface area contributed by atoms with Crippen molar-refractivity contribution < 1.29 is 18.8 Å². The van der Waals surface area contributed by atoms with Gasteiger partial charge in [-0.2, -0.15) is 0 Å². The lowest BCUT2D eigenvalue weighted by Crippen LogP contribution is -2.49. The van der Waals surface area contributed by atoms with Crippen LogP contribution in [0, 0.1) is 5.82 Å². The van der Waals surface area contributed by atoms with E-state index in [9.17, 15) is 18.8 Å². The van der Waals surface area contributed by atoms with E-state index in [2.05, 4.69) is 10.2 Å². The van der Waals surface area contributed by atoms with Gasteiger partial charge in [0, 0.05) is 56.7 Å². The van der Waals surface area contributed by atoms with Crippen LogP contribution in [0.3, 0.4) is 0 Å². The average Bonchev–Trinajstić information content (AvgIpc) is 3.01. The Morgan fingerprint density at radius 1 is 0.833 bits per heavy atom. The van der Waals surface area contributed by atoms with Gasteiger partial charge in [-0.05, 0) is 54.1 Å². The van der Waals surface area contributed by atoms with Crippen molar-refractivity contribution >= 4 is 40.7 Å². The molecule has 9 heteroatoms. The van der Waals surface area contributed by atoms with Gasteiger partial charge in [0.05, 0.1) is 16.1 Å². The fourth-order valence-corrected chi connectivity index (χ4v) is 5.22. The van der Waals surface area contributed by atoms with Crippen LogP contribution in [0.4, 0.5) is 15.8 Å². The van der Waals surface area contributed by atoms with Crippen molar-refractivity contribution in [2.24, 2.45) is 0 Å².